The normalized spacial score (nSPS) is 10.3. The van der Waals surface area contributed by atoms with Crippen LogP contribution in [0.5, 0.6) is 0 Å². The van der Waals surface area contributed by atoms with E-state index >= 15 is 0 Å². The highest BCUT2D eigenvalue weighted by atomic mass is 35.5. The predicted molar refractivity (Wildman–Crippen MR) is 76.3 cm³/mol. The summed E-state index contributed by atoms with van der Waals surface area (Å²) in [7, 11) is 3.78. The van der Waals surface area contributed by atoms with Crippen LogP contribution in [0.3, 0.4) is 0 Å². The molecular formula is C13H17ClN4. The van der Waals surface area contributed by atoms with E-state index < -0.39 is 0 Å². The Morgan fingerprint density at radius 2 is 2.00 bits per heavy atom. The van der Waals surface area contributed by atoms with Gasteiger partial charge in [-0.3, -0.25) is 0 Å². The molecule has 0 radical (unpaired) electrons. The van der Waals surface area contributed by atoms with Crippen molar-refractivity contribution in [2.45, 2.75) is 6.54 Å². The molecule has 1 heterocycles. The average Bonchev–Trinajstić information content (AvgIpc) is 2.75. The van der Waals surface area contributed by atoms with E-state index in [0.717, 1.165) is 12.4 Å². The summed E-state index contributed by atoms with van der Waals surface area (Å²) in [5.74, 6) is 0.863. The van der Waals surface area contributed by atoms with E-state index in [9.17, 15) is 0 Å². The fourth-order valence-electron chi connectivity index (χ4n) is 1.53. The summed E-state index contributed by atoms with van der Waals surface area (Å²) in [6, 6.07) is 10.3. The highest BCUT2D eigenvalue weighted by molar-refractivity contribution is 5.85. The predicted octanol–water partition coefficient (Wildman–Crippen LogP) is 2.25. The van der Waals surface area contributed by atoms with E-state index in [1.54, 1.807) is 17.4 Å². The van der Waals surface area contributed by atoms with Crippen LogP contribution in [0.15, 0.2) is 47.8 Å². The van der Waals surface area contributed by atoms with Crippen molar-refractivity contribution in [3.05, 3.63) is 54.1 Å². The number of aromatic nitrogens is 2. The molecule has 0 aliphatic heterocycles. The Kier molecular flexibility index (Phi) is 5.39. The molecule has 0 amide bonds. The molecule has 0 bridgehead atoms. The standard InChI is InChI=1S/C13H16N4.ClH/c1-16(2)15-10-13-14-8-9-17(13)11-12-6-4-3-5-7-12;/h3-10H,11H2,1-2H3;1H/b15-10+;. The SMILES string of the molecule is CN(C)/N=C/c1nccn1Cc1ccccc1.Cl. The van der Waals surface area contributed by atoms with E-state index in [2.05, 4.69) is 26.8 Å². The van der Waals surface area contributed by atoms with Gasteiger partial charge in [-0.05, 0) is 5.56 Å². The zero-order chi connectivity index (χ0) is 12.1. The molecule has 0 N–H and O–H groups in total. The van der Waals surface area contributed by atoms with Gasteiger partial charge in [-0.25, -0.2) is 4.98 Å². The second-order valence-electron chi connectivity index (χ2n) is 3.99. The summed E-state index contributed by atoms with van der Waals surface area (Å²) in [6.45, 7) is 0.815. The smallest absolute Gasteiger partial charge is 0.153 e. The lowest BCUT2D eigenvalue weighted by Crippen LogP contribution is -2.07. The fourth-order valence-corrected chi connectivity index (χ4v) is 1.53. The van der Waals surface area contributed by atoms with Crippen LogP contribution in [0.4, 0.5) is 0 Å². The third kappa shape index (κ3) is 3.89. The second-order valence-corrected chi connectivity index (χ2v) is 3.99. The van der Waals surface area contributed by atoms with Gasteiger partial charge in [0.1, 0.15) is 0 Å². The van der Waals surface area contributed by atoms with Gasteiger partial charge in [0.2, 0.25) is 0 Å². The number of imidazole rings is 1. The van der Waals surface area contributed by atoms with Gasteiger partial charge in [0, 0.05) is 33.0 Å². The van der Waals surface area contributed by atoms with Crippen molar-refractivity contribution < 1.29 is 0 Å². The molecule has 2 aromatic rings. The average molecular weight is 265 g/mol. The minimum atomic E-state index is 0. The summed E-state index contributed by atoms with van der Waals surface area (Å²) < 4.78 is 2.07. The molecule has 0 saturated heterocycles. The molecule has 96 valence electrons. The van der Waals surface area contributed by atoms with Crippen molar-refractivity contribution in [2.75, 3.05) is 14.1 Å². The van der Waals surface area contributed by atoms with Gasteiger partial charge in [-0.15, -0.1) is 12.4 Å². The monoisotopic (exact) mass is 264 g/mol. The maximum Gasteiger partial charge on any atom is 0.153 e. The number of halogens is 1. The van der Waals surface area contributed by atoms with Crippen LogP contribution in [-0.2, 0) is 6.54 Å². The van der Waals surface area contributed by atoms with Crippen LogP contribution in [0.25, 0.3) is 0 Å². The molecule has 1 aromatic heterocycles. The Hall–Kier alpha value is -1.81. The number of hydrazone groups is 1. The van der Waals surface area contributed by atoms with Crippen molar-refractivity contribution in [3.8, 4) is 0 Å². The highest BCUT2D eigenvalue weighted by Crippen LogP contribution is 2.04. The summed E-state index contributed by atoms with van der Waals surface area (Å²) >= 11 is 0. The van der Waals surface area contributed by atoms with Gasteiger partial charge < -0.3 is 9.58 Å². The first kappa shape index (κ1) is 14.3. The molecular weight excluding hydrogens is 248 g/mol. The molecule has 0 unspecified atom stereocenters. The molecule has 0 aliphatic carbocycles. The number of hydrogen-bond donors (Lipinski definition) is 0. The van der Waals surface area contributed by atoms with E-state index in [1.165, 1.54) is 5.56 Å². The van der Waals surface area contributed by atoms with Crippen LogP contribution in [0.2, 0.25) is 0 Å². The van der Waals surface area contributed by atoms with Crippen LogP contribution in [0.1, 0.15) is 11.4 Å². The van der Waals surface area contributed by atoms with Gasteiger partial charge in [-0.2, -0.15) is 5.10 Å². The highest BCUT2D eigenvalue weighted by Gasteiger charge is 2.00. The largest absolute Gasteiger partial charge is 0.326 e. The zero-order valence-corrected chi connectivity index (χ0v) is 11.3. The van der Waals surface area contributed by atoms with Gasteiger partial charge in [-0.1, -0.05) is 30.3 Å². The minimum absolute atomic E-state index is 0. The minimum Gasteiger partial charge on any atom is -0.326 e. The van der Waals surface area contributed by atoms with Crippen molar-refractivity contribution in [1.82, 2.24) is 14.6 Å². The van der Waals surface area contributed by atoms with E-state index in [1.807, 2.05) is 38.5 Å². The van der Waals surface area contributed by atoms with Crippen molar-refractivity contribution in [3.63, 3.8) is 0 Å². The molecule has 0 fully saturated rings. The second kappa shape index (κ2) is 6.81. The number of rotatable bonds is 4. The molecule has 0 aliphatic rings. The quantitative estimate of drug-likeness (QED) is 0.627. The van der Waals surface area contributed by atoms with Gasteiger partial charge in [0.15, 0.2) is 5.82 Å². The number of nitrogens with zero attached hydrogens (tertiary/aromatic N) is 4. The molecule has 18 heavy (non-hydrogen) atoms. The first-order valence-electron chi connectivity index (χ1n) is 5.52. The lowest BCUT2D eigenvalue weighted by Gasteiger charge is -2.06. The molecule has 4 nitrogen and oxygen atoms in total. The van der Waals surface area contributed by atoms with E-state index in [-0.39, 0.29) is 12.4 Å². The summed E-state index contributed by atoms with van der Waals surface area (Å²) in [4.78, 5) is 4.27. The Balaban J connectivity index is 0.00000162. The molecule has 1 aromatic carbocycles. The first-order chi connectivity index (χ1) is 8.25. The van der Waals surface area contributed by atoms with Crippen molar-refractivity contribution >= 4 is 18.6 Å². The summed E-state index contributed by atoms with van der Waals surface area (Å²) in [5.41, 5.74) is 1.25. The van der Waals surface area contributed by atoms with Gasteiger partial charge in [0.05, 0.1) is 6.21 Å². The summed E-state index contributed by atoms with van der Waals surface area (Å²) in [5, 5.41) is 5.95. The molecule has 2 rings (SSSR count). The summed E-state index contributed by atoms with van der Waals surface area (Å²) in [6.07, 6.45) is 5.52. The lowest BCUT2D eigenvalue weighted by molar-refractivity contribution is 0.440. The Labute approximate surface area is 113 Å². The van der Waals surface area contributed by atoms with Crippen LogP contribution >= 0.6 is 12.4 Å². The third-order valence-electron chi connectivity index (χ3n) is 2.35. The fraction of sp³-hybridized carbons (Fsp3) is 0.231. The Morgan fingerprint density at radius 3 is 2.67 bits per heavy atom. The van der Waals surface area contributed by atoms with Crippen molar-refractivity contribution in [2.24, 2.45) is 5.10 Å². The Morgan fingerprint density at radius 1 is 1.28 bits per heavy atom. The van der Waals surface area contributed by atoms with E-state index in [4.69, 9.17) is 0 Å². The van der Waals surface area contributed by atoms with Crippen molar-refractivity contribution in [1.29, 1.82) is 0 Å². The van der Waals surface area contributed by atoms with Gasteiger partial charge >= 0.3 is 0 Å². The Bertz CT molecular complexity index is 491. The molecule has 0 spiro atoms. The molecule has 5 heteroatoms. The van der Waals surface area contributed by atoms with Crippen LogP contribution in [0, 0.1) is 0 Å². The molecule has 0 saturated carbocycles. The lowest BCUT2D eigenvalue weighted by atomic mass is 10.2. The number of benzene rings is 1. The zero-order valence-electron chi connectivity index (χ0n) is 10.5. The van der Waals surface area contributed by atoms with Gasteiger partial charge in [0.25, 0.3) is 0 Å². The topological polar surface area (TPSA) is 33.4 Å². The van der Waals surface area contributed by atoms with Crippen LogP contribution in [-0.4, -0.2) is 34.9 Å². The van der Waals surface area contributed by atoms with E-state index in [0.29, 0.717) is 0 Å². The first-order valence-corrected chi connectivity index (χ1v) is 5.52. The number of hydrogen-bond acceptors (Lipinski definition) is 3. The maximum absolute atomic E-state index is 4.27. The van der Waals surface area contributed by atoms with Crippen LogP contribution < -0.4 is 0 Å². The maximum atomic E-state index is 4.27. The molecule has 0 atom stereocenters. The third-order valence-corrected chi connectivity index (χ3v) is 2.35.